The second kappa shape index (κ2) is 6.91. The van der Waals surface area contributed by atoms with E-state index in [0.717, 1.165) is 61.0 Å². The van der Waals surface area contributed by atoms with Gasteiger partial charge in [0.2, 0.25) is 5.91 Å². The molecule has 6 fully saturated rings. The van der Waals surface area contributed by atoms with Gasteiger partial charge < -0.3 is 10.2 Å². The van der Waals surface area contributed by atoms with Crippen LogP contribution in [-0.4, -0.2) is 40.4 Å². The first kappa shape index (κ1) is 19.7. The number of carbonyl (C=O) groups excluding carboxylic acids is 1. The van der Waals surface area contributed by atoms with Gasteiger partial charge in [0.15, 0.2) is 0 Å². The molecule has 32 heavy (non-hydrogen) atoms. The molecule has 170 valence electrons. The molecule has 4 bridgehead atoms. The number of nitrogens with zero attached hydrogens (tertiary/aromatic N) is 3. The van der Waals surface area contributed by atoms with Gasteiger partial charge in [-0.1, -0.05) is 6.92 Å². The molecule has 0 aromatic carbocycles. The number of thiophene rings is 1. The van der Waals surface area contributed by atoms with Gasteiger partial charge in [0.05, 0.1) is 15.6 Å². The van der Waals surface area contributed by atoms with Crippen LogP contribution in [0.3, 0.4) is 0 Å². The predicted molar refractivity (Wildman–Crippen MR) is 128 cm³/mol. The monoisotopic (exact) mass is 450 g/mol. The highest BCUT2D eigenvalue weighted by atomic mass is 32.1. The molecular weight excluding hydrogens is 416 g/mol. The van der Waals surface area contributed by atoms with E-state index in [1.807, 2.05) is 0 Å². The first-order valence-corrected chi connectivity index (χ1v) is 13.7. The third-order valence-corrected chi connectivity index (χ3v) is 10.7. The Morgan fingerprint density at radius 2 is 1.78 bits per heavy atom. The molecule has 3 atom stereocenters. The van der Waals surface area contributed by atoms with Crippen molar-refractivity contribution in [1.29, 1.82) is 0 Å². The van der Waals surface area contributed by atoms with E-state index in [0.29, 0.717) is 23.7 Å². The van der Waals surface area contributed by atoms with Crippen LogP contribution in [0.5, 0.6) is 0 Å². The number of carbonyl (C=O) groups is 1. The minimum atomic E-state index is 0.0272. The van der Waals surface area contributed by atoms with Crippen molar-refractivity contribution in [2.75, 3.05) is 25.0 Å². The van der Waals surface area contributed by atoms with Crippen molar-refractivity contribution >= 4 is 33.3 Å². The average Bonchev–Trinajstić information content (AvgIpc) is 3.08. The summed E-state index contributed by atoms with van der Waals surface area (Å²) in [5, 5.41) is 5.86. The maximum absolute atomic E-state index is 13.7. The lowest BCUT2D eigenvalue weighted by Gasteiger charge is -2.56. The molecule has 1 N–H and O–H groups in total. The van der Waals surface area contributed by atoms with E-state index < -0.39 is 0 Å². The highest BCUT2D eigenvalue weighted by Crippen LogP contribution is 2.61. The van der Waals surface area contributed by atoms with Crippen molar-refractivity contribution in [1.82, 2.24) is 14.9 Å². The average molecular weight is 451 g/mol. The van der Waals surface area contributed by atoms with Crippen LogP contribution in [-0.2, 0) is 11.2 Å². The standard InChI is InChI=1S/C26H34N4OS/c1-3-21-28-22-14(2)13-32-23(22)24(29-21)27-10-18-19-11-30(12-20(18)19)25(31)26-7-15-4-16(8-26)6-17(5-15)9-26/h13,15-20H,3-12H2,1-2H3,(H,27,28,29)/t15?,16?,17?,18?,19-,20+,26?. The molecule has 3 heterocycles. The van der Waals surface area contributed by atoms with Gasteiger partial charge in [-0.05, 0) is 91.9 Å². The Morgan fingerprint density at radius 1 is 1.12 bits per heavy atom. The van der Waals surface area contributed by atoms with Crippen LogP contribution < -0.4 is 5.32 Å². The molecule has 5 aliphatic carbocycles. The van der Waals surface area contributed by atoms with Crippen LogP contribution in [0.15, 0.2) is 5.38 Å². The van der Waals surface area contributed by atoms with E-state index in [-0.39, 0.29) is 5.41 Å². The second-order valence-corrected chi connectivity index (χ2v) is 12.6. The molecule has 0 spiro atoms. The van der Waals surface area contributed by atoms with Gasteiger partial charge in [-0.15, -0.1) is 11.3 Å². The van der Waals surface area contributed by atoms with E-state index in [9.17, 15) is 4.79 Å². The first-order chi connectivity index (χ1) is 15.5. The van der Waals surface area contributed by atoms with Crippen molar-refractivity contribution in [3.63, 3.8) is 0 Å². The fourth-order valence-electron chi connectivity index (χ4n) is 8.40. The van der Waals surface area contributed by atoms with Crippen molar-refractivity contribution in [3.8, 4) is 0 Å². The van der Waals surface area contributed by atoms with E-state index in [1.165, 1.54) is 48.8 Å². The van der Waals surface area contributed by atoms with Crippen LogP contribution in [0.25, 0.3) is 10.2 Å². The Hall–Kier alpha value is -1.69. The quantitative estimate of drug-likeness (QED) is 0.704. The summed E-state index contributed by atoms with van der Waals surface area (Å²) >= 11 is 1.74. The summed E-state index contributed by atoms with van der Waals surface area (Å²) in [6.07, 6.45) is 8.66. The zero-order valence-corrected chi connectivity index (χ0v) is 20.1. The molecule has 2 aromatic rings. The Kier molecular flexibility index (Phi) is 4.26. The van der Waals surface area contributed by atoms with Gasteiger partial charge >= 0.3 is 0 Å². The van der Waals surface area contributed by atoms with Crippen LogP contribution in [0.4, 0.5) is 5.82 Å². The molecule has 1 amide bonds. The van der Waals surface area contributed by atoms with Gasteiger partial charge in [0.1, 0.15) is 11.6 Å². The lowest BCUT2D eigenvalue weighted by Crippen LogP contribution is -2.54. The summed E-state index contributed by atoms with van der Waals surface area (Å²) in [5.41, 5.74) is 2.37. The summed E-state index contributed by atoms with van der Waals surface area (Å²) in [6, 6.07) is 0. The Balaban J connectivity index is 1.00. The topological polar surface area (TPSA) is 58.1 Å². The number of hydrogen-bond acceptors (Lipinski definition) is 5. The van der Waals surface area contributed by atoms with E-state index in [4.69, 9.17) is 9.97 Å². The number of piperidine rings is 1. The van der Waals surface area contributed by atoms with Gasteiger partial charge in [-0.25, -0.2) is 9.97 Å². The fourth-order valence-corrected chi connectivity index (χ4v) is 9.35. The zero-order valence-electron chi connectivity index (χ0n) is 19.3. The number of fused-ring (bicyclic) bond motifs is 2. The van der Waals surface area contributed by atoms with Crippen LogP contribution in [0, 0.1) is 47.8 Å². The van der Waals surface area contributed by atoms with Crippen LogP contribution in [0.2, 0.25) is 0 Å². The van der Waals surface area contributed by atoms with E-state index in [1.54, 1.807) is 11.3 Å². The Morgan fingerprint density at radius 3 is 2.41 bits per heavy atom. The number of amides is 1. The lowest BCUT2D eigenvalue weighted by molar-refractivity contribution is -0.157. The first-order valence-electron chi connectivity index (χ1n) is 12.8. The molecule has 0 radical (unpaired) electrons. The number of nitrogens with one attached hydrogen (secondary N) is 1. The smallest absolute Gasteiger partial charge is 0.228 e. The Bertz CT molecular complexity index is 1050. The second-order valence-electron chi connectivity index (χ2n) is 11.7. The number of anilines is 1. The number of rotatable bonds is 5. The number of aromatic nitrogens is 2. The molecule has 1 unspecified atom stereocenters. The highest BCUT2D eigenvalue weighted by molar-refractivity contribution is 7.18. The maximum Gasteiger partial charge on any atom is 0.228 e. The Labute approximate surface area is 194 Å². The summed E-state index contributed by atoms with van der Waals surface area (Å²) < 4.78 is 1.18. The minimum Gasteiger partial charge on any atom is -0.368 e. The fraction of sp³-hybridized carbons (Fsp3) is 0.731. The number of hydrogen-bond donors (Lipinski definition) is 1. The predicted octanol–water partition coefficient (Wildman–Crippen LogP) is 4.89. The molecule has 1 aliphatic heterocycles. The minimum absolute atomic E-state index is 0.0272. The SMILES string of the molecule is CCc1nc(NCC2[C@H]3CN(C(=O)C45CC6CC(CC(C6)C4)C5)C[C@@H]23)c2scc(C)c2n1. The normalized spacial score (nSPS) is 39.0. The van der Waals surface area contributed by atoms with Crippen LogP contribution >= 0.6 is 11.3 Å². The van der Waals surface area contributed by atoms with Gasteiger partial charge in [0, 0.05) is 26.1 Å². The van der Waals surface area contributed by atoms with Crippen molar-refractivity contribution in [3.05, 3.63) is 16.8 Å². The molecule has 8 rings (SSSR count). The molecule has 5 nitrogen and oxygen atoms in total. The van der Waals surface area contributed by atoms with E-state index >= 15 is 0 Å². The third kappa shape index (κ3) is 2.90. The molecule has 2 aromatic heterocycles. The summed E-state index contributed by atoms with van der Waals surface area (Å²) in [7, 11) is 0. The van der Waals surface area contributed by atoms with Gasteiger partial charge in [-0.2, -0.15) is 0 Å². The lowest BCUT2D eigenvalue weighted by atomic mass is 9.49. The number of aryl methyl sites for hydroxylation is 2. The summed E-state index contributed by atoms with van der Waals surface area (Å²) in [5.74, 6) is 7.07. The molecule has 6 aliphatic rings. The van der Waals surface area contributed by atoms with Gasteiger partial charge in [0.25, 0.3) is 0 Å². The van der Waals surface area contributed by atoms with Crippen molar-refractivity contribution < 1.29 is 4.79 Å². The third-order valence-electron chi connectivity index (χ3n) is 9.61. The van der Waals surface area contributed by atoms with Gasteiger partial charge in [-0.3, -0.25) is 4.79 Å². The van der Waals surface area contributed by atoms with Crippen molar-refractivity contribution in [2.24, 2.45) is 40.9 Å². The maximum atomic E-state index is 13.7. The number of likely N-dealkylation sites (tertiary alicyclic amines) is 1. The zero-order chi connectivity index (χ0) is 21.6. The highest BCUT2D eigenvalue weighted by Gasteiger charge is 2.60. The summed E-state index contributed by atoms with van der Waals surface area (Å²) in [4.78, 5) is 25.5. The molecule has 6 heteroatoms. The van der Waals surface area contributed by atoms with E-state index in [2.05, 4.69) is 29.4 Å². The largest absolute Gasteiger partial charge is 0.368 e. The molecular formula is C26H34N4OS. The van der Waals surface area contributed by atoms with Crippen molar-refractivity contribution in [2.45, 2.75) is 58.8 Å². The summed E-state index contributed by atoms with van der Waals surface area (Å²) in [6.45, 7) is 7.22. The molecule has 1 saturated heterocycles. The van der Waals surface area contributed by atoms with Crippen LogP contribution in [0.1, 0.15) is 56.8 Å². The molecule has 5 saturated carbocycles.